The SMILES string of the molecule is CN(CCOCC1CC1)C(=O)c1ccc(N)cc1F. The van der Waals surface area contributed by atoms with E-state index < -0.39 is 5.82 Å². The van der Waals surface area contributed by atoms with Crippen LogP contribution in [0.5, 0.6) is 0 Å². The minimum atomic E-state index is -0.587. The maximum absolute atomic E-state index is 13.6. The topological polar surface area (TPSA) is 55.6 Å². The van der Waals surface area contributed by atoms with E-state index >= 15 is 0 Å². The highest BCUT2D eigenvalue weighted by Crippen LogP contribution is 2.28. The van der Waals surface area contributed by atoms with E-state index in [9.17, 15) is 9.18 Å². The van der Waals surface area contributed by atoms with E-state index in [2.05, 4.69) is 0 Å². The summed E-state index contributed by atoms with van der Waals surface area (Å²) in [5.41, 5.74) is 5.80. The van der Waals surface area contributed by atoms with E-state index in [1.54, 1.807) is 7.05 Å². The summed E-state index contributed by atoms with van der Waals surface area (Å²) in [4.78, 5) is 13.5. The molecule has 0 aliphatic heterocycles. The zero-order valence-corrected chi connectivity index (χ0v) is 11.1. The van der Waals surface area contributed by atoms with Crippen LogP contribution in [0.15, 0.2) is 18.2 Å². The van der Waals surface area contributed by atoms with Crippen LogP contribution >= 0.6 is 0 Å². The van der Waals surface area contributed by atoms with Gasteiger partial charge in [-0.05, 0) is 37.0 Å². The number of hydrogen-bond donors (Lipinski definition) is 1. The van der Waals surface area contributed by atoms with Gasteiger partial charge in [-0.1, -0.05) is 0 Å². The van der Waals surface area contributed by atoms with Gasteiger partial charge in [0.15, 0.2) is 0 Å². The standard InChI is InChI=1S/C14H19FN2O2/c1-17(6-7-19-9-10-2-3-10)14(18)12-5-4-11(16)8-13(12)15/h4-5,8,10H,2-3,6-7,9,16H2,1H3. The van der Waals surface area contributed by atoms with Crippen molar-refractivity contribution in [3.8, 4) is 0 Å². The predicted octanol–water partition coefficient (Wildman–Crippen LogP) is 1.91. The average molecular weight is 266 g/mol. The molecule has 1 saturated carbocycles. The molecule has 0 radical (unpaired) electrons. The molecule has 1 aromatic rings. The van der Waals surface area contributed by atoms with Crippen molar-refractivity contribution in [2.45, 2.75) is 12.8 Å². The highest BCUT2D eigenvalue weighted by Gasteiger charge is 2.21. The Balaban J connectivity index is 1.83. The van der Waals surface area contributed by atoms with Crippen molar-refractivity contribution >= 4 is 11.6 Å². The zero-order chi connectivity index (χ0) is 13.8. The van der Waals surface area contributed by atoms with Crippen LogP contribution in [0.25, 0.3) is 0 Å². The molecule has 0 unspecified atom stereocenters. The number of ether oxygens (including phenoxy) is 1. The van der Waals surface area contributed by atoms with Crippen LogP contribution in [0.2, 0.25) is 0 Å². The average Bonchev–Trinajstić information content (AvgIpc) is 3.17. The number of anilines is 1. The molecule has 0 bridgehead atoms. The van der Waals surface area contributed by atoms with Crippen molar-refractivity contribution in [2.24, 2.45) is 5.92 Å². The smallest absolute Gasteiger partial charge is 0.256 e. The lowest BCUT2D eigenvalue weighted by Gasteiger charge is -2.17. The van der Waals surface area contributed by atoms with Gasteiger partial charge in [0.1, 0.15) is 5.82 Å². The molecule has 1 aliphatic carbocycles. The Bertz CT molecular complexity index is 461. The first kappa shape index (κ1) is 13.8. The van der Waals surface area contributed by atoms with E-state index in [1.807, 2.05) is 0 Å². The van der Waals surface area contributed by atoms with Gasteiger partial charge >= 0.3 is 0 Å². The summed E-state index contributed by atoms with van der Waals surface area (Å²) in [5.74, 6) is -0.237. The van der Waals surface area contributed by atoms with Crippen LogP contribution in [0.1, 0.15) is 23.2 Å². The Morgan fingerprint density at radius 2 is 2.26 bits per heavy atom. The van der Waals surface area contributed by atoms with Gasteiger partial charge in [-0.15, -0.1) is 0 Å². The number of amides is 1. The molecule has 2 N–H and O–H groups in total. The summed E-state index contributed by atoms with van der Waals surface area (Å²) in [5, 5.41) is 0. The number of nitrogens with zero attached hydrogens (tertiary/aromatic N) is 1. The predicted molar refractivity (Wildman–Crippen MR) is 71.3 cm³/mol. The van der Waals surface area contributed by atoms with Gasteiger partial charge in [-0.3, -0.25) is 4.79 Å². The fourth-order valence-electron chi connectivity index (χ4n) is 1.75. The summed E-state index contributed by atoms with van der Waals surface area (Å²) in [6.07, 6.45) is 2.48. The number of carbonyl (C=O) groups excluding carboxylic acids is 1. The summed E-state index contributed by atoms with van der Waals surface area (Å²) in [6.45, 7) is 1.70. The second-order valence-corrected chi connectivity index (χ2v) is 4.98. The number of hydrogen-bond acceptors (Lipinski definition) is 3. The highest BCUT2D eigenvalue weighted by atomic mass is 19.1. The van der Waals surface area contributed by atoms with Crippen LogP contribution in [0.3, 0.4) is 0 Å². The van der Waals surface area contributed by atoms with Crippen molar-refractivity contribution in [2.75, 3.05) is 32.5 Å². The molecule has 0 spiro atoms. The number of benzene rings is 1. The normalized spacial score (nSPS) is 14.4. The Kier molecular flexibility index (Phi) is 4.37. The molecule has 1 amide bonds. The lowest BCUT2D eigenvalue weighted by atomic mass is 10.1. The monoisotopic (exact) mass is 266 g/mol. The molecule has 1 fully saturated rings. The molecule has 2 rings (SSSR count). The van der Waals surface area contributed by atoms with Crippen molar-refractivity contribution in [3.05, 3.63) is 29.6 Å². The van der Waals surface area contributed by atoms with Crippen LogP contribution in [0, 0.1) is 11.7 Å². The van der Waals surface area contributed by atoms with Crippen molar-refractivity contribution in [1.82, 2.24) is 4.90 Å². The fraction of sp³-hybridized carbons (Fsp3) is 0.500. The molecule has 19 heavy (non-hydrogen) atoms. The lowest BCUT2D eigenvalue weighted by Crippen LogP contribution is -2.31. The highest BCUT2D eigenvalue weighted by molar-refractivity contribution is 5.94. The van der Waals surface area contributed by atoms with Crippen molar-refractivity contribution in [3.63, 3.8) is 0 Å². The first-order valence-electron chi connectivity index (χ1n) is 6.46. The number of carbonyl (C=O) groups is 1. The van der Waals surface area contributed by atoms with E-state index in [-0.39, 0.29) is 11.5 Å². The summed E-state index contributed by atoms with van der Waals surface area (Å²) in [7, 11) is 1.64. The Morgan fingerprint density at radius 3 is 2.89 bits per heavy atom. The Morgan fingerprint density at radius 1 is 1.53 bits per heavy atom. The molecular formula is C14H19FN2O2. The first-order valence-corrected chi connectivity index (χ1v) is 6.46. The number of rotatable bonds is 6. The van der Waals surface area contributed by atoms with Crippen LogP contribution in [-0.4, -0.2) is 37.6 Å². The first-order chi connectivity index (χ1) is 9.08. The molecule has 1 aliphatic rings. The largest absolute Gasteiger partial charge is 0.399 e. The van der Waals surface area contributed by atoms with Crippen molar-refractivity contribution < 1.29 is 13.9 Å². The maximum atomic E-state index is 13.6. The third-order valence-corrected chi connectivity index (χ3v) is 3.19. The van der Waals surface area contributed by atoms with Gasteiger partial charge < -0.3 is 15.4 Å². The molecule has 0 atom stereocenters. The van der Waals surface area contributed by atoms with Gasteiger partial charge in [-0.25, -0.2) is 4.39 Å². The molecule has 0 saturated heterocycles. The molecule has 0 heterocycles. The third kappa shape index (κ3) is 3.92. The second kappa shape index (κ2) is 6.02. The maximum Gasteiger partial charge on any atom is 0.256 e. The summed E-state index contributed by atoms with van der Waals surface area (Å²) < 4.78 is 19.1. The van der Waals surface area contributed by atoms with Gasteiger partial charge in [0.05, 0.1) is 12.2 Å². The lowest BCUT2D eigenvalue weighted by molar-refractivity contribution is 0.0677. The van der Waals surface area contributed by atoms with E-state index in [0.29, 0.717) is 24.8 Å². The Hall–Kier alpha value is -1.62. The van der Waals surface area contributed by atoms with Crippen LogP contribution in [-0.2, 0) is 4.74 Å². The quantitative estimate of drug-likeness (QED) is 0.632. The van der Waals surface area contributed by atoms with Crippen molar-refractivity contribution in [1.29, 1.82) is 0 Å². The van der Waals surface area contributed by atoms with Crippen LogP contribution in [0.4, 0.5) is 10.1 Å². The minimum Gasteiger partial charge on any atom is -0.399 e. The molecule has 0 aromatic heterocycles. The third-order valence-electron chi connectivity index (χ3n) is 3.19. The zero-order valence-electron chi connectivity index (χ0n) is 11.1. The minimum absolute atomic E-state index is 0.0406. The molecular weight excluding hydrogens is 247 g/mol. The van der Waals surface area contributed by atoms with Crippen LogP contribution < -0.4 is 5.73 Å². The van der Waals surface area contributed by atoms with E-state index in [0.717, 1.165) is 12.7 Å². The molecule has 4 nitrogen and oxygen atoms in total. The van der Waals surface area contributed by atoms with Gasteiger partial charge in [0.2, 0.25) is 0 Å². The second-order valence-electron chi connectivity index (χ2n) is 4.98. The Labute approximate surface area is 112 Å². The summed E-state index contributed by atoms with van der Waals surface area (Å²) >= 11 is 0. The van der Waals surface area contributed by atoms with Gasteiger partial charge in [-0.2, -0.15) is 0 Å². The number of nitrogens with two attached hydrogens (primary N) is 1. The fourth-order valence-corrected chi connectivity index (χ4v) is 1.75. The number of halogens is 1. The van der Waals surface area contributed by atoms with Gasteiger partial charge in [0.25, 0.3) is 5.91 Å². The molecule has 1 aromatic carbocycles. The number of likely N-dealkylation sites (N-methyl/N-ethyl adjacent to an activating group) is 1. The van der Waals surface area contributed by atoms with Gasteiger partial charge in [0, 0.05) is 25.9 Å². The van der Waals surface area contributed by atoms with E-state index in [1.165, 1.54) is 29.9 Å². The van der Waals surface area contributed by atoms with E-state index in [4.69, 9.17) is 10.5 Å². The summed E-state index contributed by atoms with van der Waals surface area (Å²) in [6, 6.07) is 4.09. The molecule has 104 valence electrons. The number of nitrogen functional groups attached to an aromatic ring is 1. The molecule has 5 heteroatoms.